The summed E-state index contributed by atoms with van der Waals surface area (Å²) in [6, 6.07) is -0.789. The second-order valence-electron chi connectivity index (χ2n) is 5.78. The van der Waals surface area contributed by atoms with E-state index >= 15 is 0 Å². The molecular weight excluding hydrogens is 284 g/mol. The zero-order chi connectivity index (χ0) is 16.5. The van der Waals surface area contributed by atoms with Crippen molar-refractivity contribution in [2.24, 2.45) is 11.7 Å². The number of rotatable bonds is 9. The van der Waals surface area contributed by atoms with Crippen LogP contribution < -0.4 is 21.7 Å². The van der Waals surface area contributed by atoms with Crippen LogP contribution >= 0.6 is 0 Å². The van der Waals surface area contributed by atoms with Gasteiger partial charge in [0, 0.05) is 5.92 Å². The van der Waals surface area contributed by atoms with Gasteiger partial charge in [-0.05, 0) is 38.8 Å². The monoisotopic (exact) mass is 312 g/mol. The van der Waals surface area contributed by atoms with Crippen LogP contribution in [0.1, 0.15) is 39.5 Å². The van der Waals surface area contributed by atoms with Crippen LogP contribution in [0.4, 0.5) is 0 Å². The molecule has 2 amide bonds. The number of ketones is 1. The van der Waals surface area contributed by atoms with Gasteiger partial charge in [-0.1, -0.05) is 13.8 Å². The van der Waals surface area contributed by atoms with Crippen molar-refractivity contribution in [2.45, 2.75) is 51.6 Å². The van der Waals surface area contributed by atoms with Crippen molar-refractivity contribution >= 4 is 17.6 Å². The van der Waals surface area contributed by atoms with Crippen molar-refractivity contribution in [1.82, 2.24) is 16.0 Å². The van der Waals surface area contributed by atoms with E-state index in [4.69, 9.17) is 5.73 Å². The standard InChI is InChI=1S/C15H28N4O3/c1-3-10(2)14(21)11(6-7-16)19-13(20)9-18-15(22)12-5-4-8-17-12/h10-12,17H,3-9,16H2,1-2H3,(H,18,22)(H,19,20). The van der Waals surface area contributed by atoms with E-state index in [1.54, 1.807) is 0 Å². The van der Waals surface area contributed by atoms with Crippen LogP contribution in [0.3, 0.4) is 0 Å². The molecule has 1 rings (SSSR count). The molecule has 1 fully saturated rings. The van der Waals surface area contributed by atoms with E-state index in [1.807, 2.05) is 13.8 Å². The lowest BCUT2D eigenvalue weighted by molar-refractivity contribution is -0.130. The SMILES string of the molecule is CCC(C)C(=O)C(CCN)NC(=O)CNC(=O)C1CCCN1. The normalized spacial score (nSPS) is 20.2. The number of hydrogen-bond donors (Lipinski definition) is 4. The highest BCUT2D eigenvalue weighted by atomic mass is 16.2. The Balaban J connectivity index is 2.42. The molecule has 0 aromatic rings. The van der Waals surface area contributed by atoms with Crippen LogP contribution in [0, 0.1) is 5.92 Å². The smallest absolute Gasteiger partial charge is 0.239 e. The predicted molar refractivity (Wildman–Crippen MR) is 84.1 cm³/mol. The van der Waals surface area contributed by atoms with Crippen LogP contribution in [0.25, 0.3) is 0 Å². The first kappa shape index (κ1) is 18.6. The summed E-state index contributed by atoms with van der Waals surface area (Å²) >= 11 is 0. The van der Waals surface area contributed by atoms with Crippen LogP contribution in [0.2, 0.25) is 0 Å². The van der Waals surface area contributed by atoms with Crippen molar-refractivity contribution in [2.75, 3.05) is 19.6 Å². The van der Waals surface area contributed by atoms with Crippen LogP contribution in [-0.4, -0.2) is 49.3 Å². The number of carbonyl (C=O) groups is 3. The van der Waals surface area contributed by atoms with Crippen LogP contribution in [0.15, 0.2) is 0 Å². The van der Waals surface area contributed by atoms with E-state index in [1.165, 1.54) is 0 Å². The van der Waals surface area contributed by atoms with Gasteiger partial charge in [0.15, 0.2) is 5.78 Å². The Morgan fingerprint density at radius 2 is 2.09 bits per heavy atom. The number of nitrogens with one attached hydrogen (secondary N) is 3. The highest BCUT2D eigenvalue weighted by Gasteiger charge is 2.25. The molecule has 5 N–H and O–H groups in total. The zero-order valence-corrected chi connectivity index (χ0v) is 13.5. The summed E-state index contributed by atoms with van der Waals surface area (Å²) in [4.78, 5) is 35.9. The number of Topliss-reactive ketones (excluding diaryl/α,β-unsaturated/α-hetero) is 1. The average Bonchev–Trinajstić information content (AvgIpc) is 3.05. The fraction of sp³-hybridized carbons (Fsp3) is 0.800. The summed E-state index contributed by atoms with van der Waals surface area (Å²) in [5.74, 6) is -0.656. The largest absolute Gasteiger partial charge is 0.346 e. The van der Waals surface area contributed by atoms with Gasteiger partial charge in [-0.15, -0.1) is 0 Å². The second kappa shape index (κ2) is 9.53. The first-order valence-electron chi connectivity index (χ1n) is 8.03. The Hall–Kier alpha value is -1.47. The van der Waals surface area contributed by atoms with Gasteiger partial charge in [0.2, 0.25) is 11.8 Å². The lowest BCUT2D eigenvalue weighted by atomic mass is 9.95. The minimum atomic E-state index is -0.575. The first-order valence-corrected chi connectivity index (χ1v) is 8.03. The topological polar surface area (TPSA) is 113 Å². The van der Waals surface area contributed by atoms with Crippen molar-refractivity contribution in [3.63, 3.8) is 0 Å². The van der Waals surface area contributed by atoms with Gasteiger partial charge in [0.1, 0.15) is 0 Å². The molecule has 1 aliphatic heterocycles. The molecule has 0 spiro atoms. The number of hydrogen-bond acceptors (Lipinski definition) is 5. The van der Waals surface area contributed by atoms with E-state index < -0.39 is 6.04 Å². The maximum atomic E-state index is 12.2. The third-order valence-corrected chi connectivity index (χ3v) is 4.03. The molecule has 0 aliphatic carbocycles. The third-order valence-electron chi connectivity index (χ3n) is 4.03. The molecule has 3 unspecified atom stereocenters. The molecule has 22 heavy (non-hydrogen) atoms. The summed E-state index contributed by atoms with van der Waals surface area (Å²) in [5, 5.41) is 8.34. The first-order chi connectivity index (χ1) is 10.5. The second-order valence-corrected chi connectivity index (χ2v) is 5.78. The molecule has 3 atom stereocenters. The van der Waals surface area contributed by atoms with Crippen molar-refractivity contribution in [3.05, 3.63) is 0 Å². The van der Waals surface area contributed by atoms with Gasteiger partial charge < -0.3 is 21.7 Å². The van der Waals surface area contributed by atoms with E-state index in [2.05, 4.69) is 16.0 Å². The Morgan fingerprint density at radius 3 is 2.64 bits per heavy atom. The maximum Gasteiger partial charge on any atom is 0.239 e. The Morgan fingerprint density at radius 1 is 1.36 bits per heavy atom. The molecule has 1 aliphatic rings. The quantitative estimate of drug-likeness (QED) is 0.450. The van der Waals surface area contributed by atoms with Gasteiger partial charge in [-0.3, -0.25) is 14.4 Å². The lowest BCUT2D eigenvalue weighted by Crippen LogP contribution is -2.49. The van der Waals surface area contributed by atoms with Gasteiger partial charge in [-0.2, -0.15) is 0 Å². The van der Waals surface area contributed by atoms with Crippen molar-refractivity contribution < 1.29 is 14.4 Å². The summed E-state index contributed by atoms with van der Waals surface area (Å²) in [6.45, 7) is 4.80. The Kier molecular flexibility index (Phi) is 8.05. The molecule has 126 valence electrons. The highest BCUT2D eigenvalue weighted by Crippen LogP contribution is 2.08. The fourth-order valence-corrected chi connectivity index (χ4v) is 2.44. The zero-order valence-electron chi connectivity index (χ0n) is 13.5. The van der Waals surface area contributed by atoms with E-state index in [0.717, 1.165) is 25.8 Å². The van der Waals surface area contributed by atoms with Crippen molar-refractivity contribution in [3.8, 4) is 0 Å². The summed E-state index contributed by atoms with van der Waals surface area (Å²) in [7, 11) is 0. The molecule has 0 aromatic heterocycles. The number of amides is 2. The molecule has 0 bridgehead atoms. The molecule has 0 saturated carbocycles. The van der Waals surface area contributed by atoms with Crippen LogP contribution in [-0.2, 0) is 14.4 Å². The molecular formula is C15H28N4O3. The fourth-order valence-electron chi connectivity index (χ4n) is 2.44. The van der Waals surface area contributed by atoms with Crippen LogP contribution in [0.5, 0.6) is 0 Å². The summed E-state index contributed by atoms with van der Waals surface area (Å²) < 4.78 is 0. The predicted octanol–water partition coefficient (Wildman–Crippen LogP) is -0.697. The molecule has 1 saturated heterocycles. The highest BCUT2D eigenvalue weighted by molar-refractivity contribution is 5.92. The van der Waals surface area contributed by atoms with Gasteiger partial charge in [0.05, 0.1) is 18.6 Å². The lowest BCUT2D eigenvalue weighted by Gasteiger charge is -2.20. The minimum absolute atomic E-state index is 0.00918. The molecule has 7 nitrogen and oxygen atoms in total. The van der Waals surface area contributed by atoms with Crippen molar-refractivity contribution in [1.29, 1.82) is 0 Å². The van der Waals surface area contributed by atoms with E-state index in [-0.39, 0.29) is 36.1 Å². The molecule has 7 heteroatoms. The number of carbonyl (C=O) groups excluding carboxylic acids is 3. The molecule has 1 heterocycles. The Bertz CT molecular complexity index is 394. The average molecular weight is 312 g/mol. The maximum absolute atomic E-state index is 12.2. The van der Waals surface area contributed by atoms with E-state index in [0.29, 0.717) is 13.0 Å². The summed E-state index contributed by atoms with van der Waals surface area (Å²) in [5.41, 5.74) is 5.51. The minimum Gasteiger partial charge on any atom is -0.346 e. The summed E-state index contributed by atoms with van der Waals surface area (Å²) in [6.07, 6.45) is 2.88. The van der Waals surface area contributed by atoms with Gasteiger partial charge in [0.25, 0.3) is 0 Å². The van der Waals surface area contributed by atoms with Gasteiger partial charge >= 0.3 is 0 Å². The molecule has 0 radical (unpaired) electrons. The number of nitrogens with two attached hydrogens (primary N) is 1. The van der Waals surface area contributed by atoms with Gasteiger partial charge in [-0.25, -0.2) is 0 Å². The Labute approximate surface area is 131 Å². The molecule has 0 aromatic carbocycles. The third kappa shape index (κ3) is 5.73. The van der Waals surface area contributed by atoms with E-state index in [9.17, 15) is 14.4 Å².